The molecule has 150 valence electrons. The van der Waals surface area contributed by atoms with E-state index in [1.165, 1.54) is 0 Å². The number of carbonyl (C=O) groups excluding carboxylic acids is 2. The zero-order valence-corrected chi connectivity index (χ0v) is 16.7. The van der Waals surface area contributed by atoms with Crippen LogP contribution in [0.25, 0.3) is 10.9 Å². The number of benzene rings is 1. The Morgan fingerprint density at radius 3 is 2.82 bits per heavy atom. The van der Waals surface area contributed by atoms with Crippen LogP contribution in [0.3, 0.4) is 0 Å². The highest BCUT2D eigenvalue weighted by Gasteiger charge is 2.38. The maximum Gasteiger partial charge on any atom is 0.253 e. The summed E-state index contributed by atoms with van der Waals surface area (Å²) in [4.78, 5) is 28.8. The number of nitrogens with one attached hydrogen (secondary N) is 1. The van der Waals surface area contributed by atoms with Crippen LogP contribution in [0.15, 0.2) is 30.5 Å². The highest BCUT2D eigenvalue weighted by Crippen LogP contribution is 2.26. The fraction of sp³-hybridized carbons (Fsp3) is 0.524. The van der Waals surface area contributed by atoms with E-state index < -0.39 is 0 Å². The van der Waals surface area contributed by atoms with Crippen LogP contribution in [0.2, 0.25) is 0 Å². The molecule has 1 aromatic heterocycles. The number of ether oxygens (including phenoxy) is 1. The Hall–Kier alpha value is -2.38. The zero-order chi connectivity index (χ0) is 19.8. The Labute approximate surface area is 165 Å². The Morgan fingerprint density at radius 1 is 1.25 bits per heavy atom. The van der Waals surface area contributed by atoms with E-state index in [-0.39, 0.29) is 24.0 Å². The minimum absolute atomic E-state index is 0.0260. The molecule has 0 aliphatic carbocycles. The molecule has 1 N–H and O–H groups in total. The van der Waals surface area contributed by atoms with Gasteiger partial charge in [-0.3, -0.25) is 14.5 Å². The van der Waals surface area contributed by atoms with Gasteiger partial charge in [-0.15, -0.1) is 0 Å². The van der Waals surface area contributed by atoms with Gasteiger partial charge in [-0.1, -0.05) is 18.2 Å². The molecule has 2 aliphatic rings. The summed E-state index contributed by atoms with van der Waals surface area (Å²) >= 11 is 0. The predicted octanol–water partition coefficient (Wildman–Crippen LogP) is 1.23. The first kappa shape index (κ1) is 19.0. The van der Waals surface area contributed by atoms with Gasteiger partial charge in [-0.2, -0.15) is 0 Å². The second-order valence-corrected chi connectivity index (χ2v) is 8.13. The number of rotatable bonds is 4. The smallest absolute Gasteiger partial charge is 0.253 e. The van der Waals surface area contributed by atoms with Crippen LogP contribution in [-0.4, -0.2) is 78.2 Å². The zero-order valence-electron chi connectivity index (χ0n) is 16.7. The molecule has 2 amide bonds. The fourth-order valence-electron chi connectivity index (χ4n) is 4.33. The number of hydrogen-bond acceptors (Lipinski definition) is 4. The Balaban J connectivity index is 1.38. The predicted molar refractivity (Wildman–Crippen MR) is 107 cm³/mol. The first-order chi connectivity index (χ1) is 13.4. The van der Waals surface area contributed by atoms with Crippen molar-refractivity contribution in [3.63, 3.8) is 0 Å². The monoisotopic (exact) mass is 384 g/mol. The largest absolute Gasteiger partial charge is 0.375 e. The van der Waals surface area contributed by atoms with Crippen molar-refractivity contribution in [2.45, 2.75) is 31.0 Å². The van der Waals surface area contributed by atoms with Crippen LogP contribution in [0.5, 0.6) is 0 Å². The molecule has 0 unspecified atom stereocenters. The van der Waals surface area contributed by atoms with Gasteiger partial charge in [0, 0.05) is 63.4 Å². The van der Waals surface area contributed by atoms with Gasteiger partial charge in [0.2, 0.25) is 5.91 Å². The van der Waals surface area contributed by atoms with Crippen LogP contribution >= 0.6 is 0 Å². The van der Waals surface area contributed by atoms with Gasteiger partial charge in [0.05, 0.1) is 24.7 Å². The summed E-state index contributed by atoms with van der Waals surface area (Å²) in [6.07, 6.45) is 3.11. The highest BCUT2D eigenvalue weighted by molar-refractivity contribution is 6.07. The van der Waals surface area contributed by atoms with Crippen LogP contribution in [0.1, 0.15) is 23.2 Å². The second-order valence-electron chi connectivity index (χ2n) is 8.13. The molecule has 3 heterocycles. The van der Waals surface area contributed by atoms with E-state index >= 15 is 0 Å². The lowest BCUT2D eigenvalue weighted by Gasteiger charge is -2.35. The molecular weight excluding hydrogens is 356 g/mol. The van der Waals surface area contributed by atoms with E-state index in [0.29, 0.717) is 24.6 Å². The summed E-state index contributed by atoms with van der Waals surface area (Å²) < 4.78 is 7.89. The summed E-state index contributed by atoms with van der Waals surface area (Å²) in [5.74, 6) is 0.0605. The molecule has 2 fully saturated rings. The number of aromatic nitrogens is 1. The molecule has 0 radical (unpaired) electrons. The maximum atomic E-state index is 12.9. The number of aryl methyl sites for hydroxylation is 1. The number of hydrogen-bond donors (Lipinski definition) is 1. The van der Waals surface area contributed by atoms with Gasteiger partial charge in [0.15, 0.2) is 0 Å². The first-order valence-electron chi connectivity index (χ1n) is 9.83. The molecule has 2 aromatic rings. The minimum atomic E-state index is -0.0707. The summed E-state index contributed by atoms with van der Waals surface area (Å²) in [6.45, 7) is 2.16. The van der Waals surface area contributed by atoms with Crippen LogP contribution in [-0.2, 0) is 16.6 Å². The van der Waals surface area contributed by atoms with E-state index in [2.05, 4.69) is 10.2 Å². The van der Waals surface area contributed by atoms with E-state index in [1.807, 2.05) is 42.1 Å². The van der Waals surface area contributed by atoms with Crippen LogP contribution in [0, 0.1) is 0 Å². The van der Waals surface area contributed by atoms with Crippen molar-refractivity contribution in [2.24, 2.45) is 7.05 Å². The van der Waals surface area contributed by atoms with Crippen molar-refractivity contribution in [2.75, 3.05) is 33.8 Å². The van der Waals surface area contributed by atoms with Crippen molar-refractivity contribution in [1.29, 1.82) is 0 Å². The Kier molecular flexibility index (Phi) is 5.12. The first-order valence-corrected chi connectivity index (χ1v) is 9.83. The molecule has 4 rings (SSSR count). The summed E-state index contributed by atoms with van der Waals surface area (Å²) in [7, 11) is 5.49. The molecule has 2 aliphatic heterocycles. The average molecular weight is 384 g/mol. The summed E-state index contributed by atoms with van der Waals surface area (Å²) in [6, 6.07) is 8.36. The van der Waals surface area contributed by atoms with Gasteiger partial charge in [0.25, 0.3) is 5.91 Å². The van der Waals surface area contributed by atoms with Crippen molar-refractivity contribution in [1.82, 2.24) is 19.7 Å². The van der Waals surface area contributed by atoms with Gasteiger partial charge >= 0.3 is 0 Å². The third-order valence-corrected chi connectivity index (χ3v) is 5.87. The SMILES string of the molecule is CN(C)C(=O)C[C@H]1CN2C[C@H](NC(=O)c3cn(C)c4ccccc34)C[C@H]2CO1. The van der Waals surface area contributed by atoms with Crippen molar-refractivity contribution in [3.05, 3.63) is 36.0 Å². The number of carbonyl (C=O) groups is 2. The molecule has 0 saturated carbocycles. The number of morpholine rings is 1. The lowest BCUT2D eigenvalue weighted by atomic mass is 10.1. The standard InChI is InChI=1S/C21H28N4O3/c1-23(2)20(26)9-16-11-25-10-14(8-15(25)13-28-16)22-21(27)18-12-24(3)19-7-5-4-6-17(18)19/h4-7,12,14-16H,8-11,13H2,1-3H3,(H,22,27)/t14-,15+,16+/m1/s1. The number of para-hydroxylation sites is 1. The fourth-order valence-corrected chi connectivity index (χ4v) is 4.33. The van der Waals surface area contributed by atoms with Gasteiger partial charge in [-0.05, 0) is 12.5 Å². The van der Waals surface area contributed by atoms with E-state index in [9.17, 15) is 9.59 Å². The molecule has 7 nitrogen and oxygen atoms in total. The molecule has 7 heteroatoms. The highest BCUT2D eigenvalue weighted by atomic mass is 16.5. The number of fused-ring (bicyclic) bond motifs is 2. The Morgan fingerprint density at radius 2 is 2.04 bits per heavy atom. The third kappa shape index (κ3) is 3.64. The third-order valence-electron chi connectivity index (χ3n) is 5.87. The normalized spacial score (nSPS) is 24.9. The van der Waals surface area contributed by atoms with Crippen molar-refractivity contribution >= 4 is 22.7 Å². The van der Waals surface area contributed by atoms with Gasteiger partial charge in [-0.25, -0.2) is 0 Å². The molecular formula is C21H28N4O3. The minimum Gasteiger partial charge on any atom is -0.375 e. The van der Waals surface area contributed by atoms with Crippen molar-refractivity contribution < 1.29 is 14.3 Å². The van der Waals surface area contributed by atoms with Gasteiger partial charge < -0.3 is 19.5 Å². The molecule has 28 heavy (non-hydrogen) atoms. The molecule has 2 saturated heterocycles. The van der Waals surface area contributed by atoms with Crippen LogP contribution in [0.4, 0.5) is 0 Å². The lowest BCUT2D eigenvalue weighted by Crippen LogP contribution is -2.47. The lowest BCUT2D eigenvalue weighted by molar-refractivity contribution is -0.134. The Bertz CT molecular complexity index is 891. The number of nitrogens with zero attached hydrogens (tertiary/aromatic N) is 3. The van der Waals surface area contributed by atoms with E-state index in [1.54, 1.807) is 19.0 Å². The average Bonchev–Trinajstić information content (AvgIpc) is 3.22. The maximum absolute atomic E-state index is 12.9. The van der Waals surface area contributed by atoms with Crippen molar-refractivity contribution in [3.8, 4) is 0 Å². The van der Waals surface area contributed by atoms with Crippen LogP contribution < -0.4 is 5.32 Å². The molecule has 0 bridgehead atoms. The van der Waals surface area contributed by atoms with E-state index in [0.717, 1.165) is 30.4 Å². The van der Waals surface area contributed by atoms with E-state index in [4.69, 9.17) is 4.74 Å². The quantitative estimate of drug-likeness (QED) is 0.861. The molecule has 1 aromatic carbocycles. The number of amides is 2. The molecule has 3 atom stereocenters. The second kappa shape index (κ2) is 7.56. The topological polar surface area (TPSA) is 66.8 Å². The summed E-state index contributed by atoms with van der Waals surface area (Å²) in [5, 5.41) is 4.18. The van der Waals surface area contributed by atoms with Gasteiger partial charge in [0.1, 0.15) is 0 Å². The molecule has 0 spiro atoms. The summed E-state index contributed by atoms with van der Waals surface area (Å²) in [5.41, 5.74) is 1.77.